The van der Waals surface area contributed by atoms with Crippen LogP contribution < -0.4 is 9.62 Å². The first-order valence-corrected chi connectivity index (χ1v) is 14.0. The zero-order valence-electron chi connectivity index (χ0n) is 21.5. The minimum absolute atomic E-state index is 0.100. The van der Waals surface area contributed by atoms with Crippen LogP contribution in [0.25, 0.3) is 0 Å². The van der Waals surface area contributed by atoms with Gasteiger partial charge in [0.15, 0.2) is 0 Å². The molecule has 0 unspecified atom stereocenters. The number of aryl methyl sites for hydroxylation is 1. The van der Waals surface area contributed by atoms with E-state index in [1.54, 1.807) is 65.6 Å². The highest BCUT2D eigenvalue weighted by Gasteiger charge is 2.28. The molecule has 1 fully saturated rings. The standard InChI is InChI=1S/C29H33N3O4S/c1-21(2)23-12-14-24(15-13-23)32(37(35,36)25-16-10-22(3)11-17-25)20-28(33)30-27-9-5-4-8-26(27)29(34)31-18-6-7-19-31/h4-5,8-17,21H,6-7,18-20H2,1-3H3,(H,30,33). The van der Waals surface area contributed by atoms with Gasteiger partial charge in [-0.15, -0.1) is 0 Å². The maximum Gasteiger partial charge on any atom is 0.264 e. The van der Waals surface area contributed by atoms with Crippen molar-refractivity contribution in [3.05, 3.63) is 89.5 Å². The third-order valence-electron chi connectivity index (χ3n) is 6.57. The molecule has 3 aromatic carbocycles. The Balaban J connectivity index is 1.63. The molecule has 0 aliphatic carbocycles. The Kier molecular flexibility index (Phi) is 7.97. The second-order valence-corrected chi connectivity index (χ2v) is 11.5. The molecule has 4 rings (SSSR count). The van der Waals surface area contributed by atoms with Gasteiger partial charge in [0.25, 0.3) is 15.9 Å². The van der Waals surface area contributed by atoms with Crippen molar-refractivity contribution in [3.8, 4) is 0 Å². The van der Waals surface area contributed by atoms with Crippen molar-refractivity contribution in [1.29, 1.82) is 0 Å². The Hall–Kier alpha value is -3.65. The van der Waals surface area contributed by atoms with Gasteiger partial charge < -0.3 is 10.2 Å². The van der Waals surface area contributed by atoms with Crippen molar-refractivity contribution in [2.24, 2.45) is 0 Å². The average Bonchev–Trinajstić information content (AvgIpc) is 3.43. The van der Waals surface area contributed by atoms with Crippen molar-refractivity contribution < 1.29 is 18.0 Å². The van der Waals surface area contributed by atoms with Crippen molar-refractivity contribution >= 4 is 33.2 Å². The maximum absolute atomic E-state index is 13.7. The molecule has 0 aromatic heterocycles. The number of nitrogens with one attached hydrogen (secondary N) is 1. The van der Waals surface area contributed by atoms with Crippen LogP contribution in [0.15, 0.2) is 77.7 Å². The predicted octanol–water partition coefficient (Wildman–Crippen LogP) is 5.19. The molecular formula is C29H33N3O4S. The molecule has 1 aliphatic heterocycles. The van der Waals surface area contributed by atoms with Crippen LogP contribution in [0.4, 0.5) is 11.4 Å². The number of amides is 2. The van der Waals surface area contributed by atoms with Crippen LogP contribution in [0.2, 0.25) is 0 Å². The second-order valence-electron chi connectivity index (χ2n) is 9.66. The molecule has 2 amide bonds. The van der Waals surface area contributed by atoms with Crippen LogP contribution >= 0.6 is 0 Å². The number of sulfonamides is 1. The summed E-state index contributed by atoms with van der Waals surface area (Å²) in [4.78, 5) is 28.2. The Morgan fingerprint density at radius 3 is 2.16 bits per heavy atom. The average molecular weight is 520 g/mol. The number of nitrogens with zero attached hydrogens (tertiary/aromatic N) is 2. The first-order chi connectivity index (χ1) is 17.7. The molecule has 0 bridgehead atoms. The molecule has 0 radical (unpaired) electrons. The normalized spacial score (nSPS) is 13.6. The fraction of sp³-hybridized carbons (Fsp3) is 0.310. The summed E-state index contributed by atoms with van der Waals surface area (Å²) in [6.45, 7) is 6.94. The van der Waals surface area contributed by atoms with Gasteiger partial charge >= 0.3 is 0 Å². The van der Waals surface area contributed by atoms with Gasteiger partial charge in [-0.3, -0.25) is 13.9 Å². The van der Waals surface area contributed by atoms with E-state index in [9.17, 15) is 18.0 Å². The summed E-state index contributed by atoms with van der Waals surface area (Å²) < 4.78 is 28.5. The summed E-state index contributed by atoms with van der Waals surface area (Å²) in [5, 5.41) is 2.78. The molecule has 0 saturated carbocycles. The van der Waals surface area contributed by atoms with Gasteiger partial charge in [0.2, 0.25) is 5.91 Å². The first-order valence-electron chi connectivity index (χ1n) is 12.5. The van der Waals surface area contributed by atoms with Crippen molar-refractivity contribution in [1.82, 2.24) is 4.90 Å². The zero-order chi connectivity index (χ0) is 26.6. The molecule has 3 aromatic rings. The van der Waals surface area contributed by atoms with E-state index in [1.165, 1.54) is 0 Å². The number of hydrogen-bond donors (Lipinski definition) is 1. The number of rotatable bonds is 8. The largest absolute Gasteiger partial charge is 0.339 e. The molecular weight excluding hydrogens is 486 g/mol. The Labute approximate surface area is 219 Å². The smallest absolute Gasteiger partial charge is 0.264 e. The third-order valence-corrected chi connectivity index (χ3v) is 8.36. The van der Waals surface area contributed by atoms with E-state index in [0.29, 0.717) is 30.0 Å². The first kappa shape index (κ1) is 26.4. The summed E-state index contributed by atoms with van der Waals surface area (Å²) >= 11 is 0. The summed E-state index contributed by atoms with van der Waals surface area (Å²) in [5.74, 6) is -0.392. The number of carbonyl (C=O) groups excluding carboxylic acids is 2. The van der Waals surface area contributed by atoms with Crippen molar-refractivity contribution in [2.75, 3.05) is 29.3 Å². The molecule has 1 N–H and O–H groups in total. The van der Waals surface area contributed by atoms with E-state index < -0.39 is 22.5 Å². The molecule has 194 valence electrons. The molecule has 1 heterocycles. The van der Waals surface area contributed by atoms with Gasteiger partial charge in [-0.25, -0.2) is 8.42 Å². The molecule has 0 spiro atoms. The molecule has 37 heavy (non-hydrogen) atoms. The number of anilines is 2. The van der Waals surface area contributed by atoms with E-state index >= 15 is 0 Å². The van der Waals surface area contributed by atoms with E-state index in [4.69, 9.17) is 0 Å². The molecule has 1 saturated heterocycles. The highest BCUT2D eigenvalue weighted by molar-refractivity contribution is 7.92. The van der Waals surface area contributed by atoms with Gasteiger partial charge in [-0.05, 0) is 67.6 Å². The van der Waals surface area contributed by atoms with E-state index in [-0.39, 0.29) is 16.7 Å². The summed E-state index contributed by atoms with van der Waals surface area (Å²) in [6, 6.07) is 20.6. The lowest BCUT2D eigenvalue weighted by atomic mass is 10.0. The van der Waals surface area contributed by atoms with Crippen LogP contribution in [-0.4, -0.2) is 44.8 Å². The minimum atomic E-state index is -4.03. The summed E-state index contributed by atoms with van der Waals surface area (Å²) in [5.41, 5.74) is 3.15. The third kappa shape index (κ3) is 6.02. The molecule has 8 heteroatoms. The number of hydrogen-bond acceptors (Lipinski definition) is 4. The van der Waals surface area contributed by atoms with Gasteiger partial charge in [0.05, 0.1) is 21.8 Å². The summed E-state index contributed by atoms with van der Waals surface area (Å²) in [6.07, 6.45) is 1.92. The molecule has 7 nitrogen and oxygen atoms in total. The van der Waals surface area contributed by atoms with Gasteiger partial charge in [-0.2, -0.15) is 0 Å². The lowest BCUT2D eigenvalue weighted by Gasteiger charge is -2.25. The maximum atomic E-state index is 13.7. The molecule has 0 atom stereocenters. The minimum Gasteiger partial charge on any atom is -0.339 e. The Bertz CT molecular complexity index is 1360. The molecule has 1 aliphatic rings. The zero-order valence-corrected chi connectivity index (χ0v) is 22.3. The monoisotopic (exact) mass is 519 g/mol. The van der Waals surface area contributed by atoms with Gasteiger partial charge in [0, 0.05) is 13.1 Å². The van der Waals surface area contributed by atoms with Crippen LogP contribution in [0.5, 0.6) is 0 Å². The number of carbonyl (C=O) groups is 2. The fourth-order valence-electron chi connectivity index (χ4n) is 4.37. The SMILES string of the molecule is Cc1ccc(S(=O)(=O)N(CC(=O)Nc2ccccc2C(=O)N2CCCC2)c2ccc(C(C)C)cc2)cc1. The van der Waals surface area contributed by atoms with Gasteiger partial charge in [-0.1, -0.05) is 55.8 Å². The predicted molar refractivity (Wildman–Crippen MR) is 146 cm³/mol. The quantitative estimate of drug-likeness (QED) is 0.444. The fourth-order valence-corrected chi connectivity index (χ4v) is 5.79. The van der Waals surface area contributed by atoms with E-state index in [0.717, 1.165) is 28.3 Å². The van der Waals surface area contributed by atoms with Crippen LogP contribution in [0.1, 0.15) is 54.1 Å². The van der Waals surface area contributed by atoms with Crippen LogP contribution in [-0.2, 0) is 14.8 Å². The number of para-hydroxylation sites is 1. The lowest BCUT2D eigenvalue weighted by Crippen LogP contribution is -2.38. The highest BCUT2D eigenvalue weighted by atomic mass is 32.2. The van der Waals surface area contributed by atoms with Crippen molar-refractivity contribution in [2.45, 2.75) is 44.4 Å². The Morgan fingerprint density at radius 1 is 0.919 bits per heavy atom. The Morgan fingerprint density at radius 2 is 1.54 bits per heavy atom. The number of likely N-dealkylation sites (tertiary alicyclic amines) is 1. The van der Waals surface area contributed by atoms with Crippen LogP contribution in [0, 0.1) is 6.92 Å². The van der Waals surface area contributed by atoms with Gasteiger partial charge in [0.1, 0.15) is 6.54 Å². The van der Waals surface area contributed by atoms with Crippen molar-refractivity contribution in [3.63, 3.8) is 0 Å². The van der Waals surface area contributed by atoms with Crippen LogP contribution in [0.3, 0.4) is 0 Å². The van der Waals surface area contributed by atoms with E-state index in [1.807, 2.05) is 19.1 Å². The second kappa shape index (κ2) is 11.2. The van der Waals surface area contributed by atoms with E-state index in [2.05, 4.69) is 19.2 Å². The lowest BCUT2D eigenvalue weighted by molar-refractivity contribution is -0.114. The summed E-state index contributed by atoms with van der Waals surface area (Å²) in [7, 11) is -4.03. The topological polar surface area (TPSA) is 86.8 Å². The highest BCUT2D eigenvalue weighted by Crippen LogP contribution is 2.27. The number of benzene rings is 3.